The van der Waals surface area contributed by atoms with Gasteiger partial charge in [0, 0.05) is 0 Å². The summed E-state index contributed by atoms with van der Waals surface area (Å²) in [5.74, 6) is 2.22. The molecule has 0 bridgehead atoms. The van der Waals surface area contributed by atoms with Crippen LogP contribution >= 0.6 is 0 Å². The fourth-order valence-electron chi connectivity index (χ4n) is 6.69. The van der Waals surface area contributed by atoms with Crippen molar-refractivity contribution in [1.82, 2.24) is 0 Å². The fourth-order valence-corrected chi connectivity index (χ4v) is 7.17. The van der Waals surface area contributed by atoms with Gasteiger partial charge in [0.1, 0.15) is 0 Å². The molecule has 0 aromatic carbocycles. The summed E-state index contributed by atoms with van der Waals surface area (Å²) in [6, 6.07) is 0. The van der Waals surface area contributed by atoms with Gasteiger partial charge in [-0.05, 0) is 78.9 Å². The van der Waals surface area contributed by atoms with Gasteiger partial charge in [-0.15, -0.1) is 0 Å². The molecular weight excluding hydrogens is 332 g/mol. The molecule has 0 aromatic heterocycles. The van der Waals surface area contributed by atoms with E-state index in [0.717, 1.165) is 18.3 Å². The Bertz CT molecular complexity index is 600. The van der Waals surface area contributed by atoms with E-state index in [9.17, 15) is 8.42 Å². The zero-order valence-electron chi connectivity index (χ0n) is 16.9. The highest BCUT2D eigenvalue weighted by Crippen LogP contribution is 2.65. The standard InChI is InChI=1S/C21H38O3S/c1-6-19(2)12-13-21(4)16(14-19)9-10-17-18(21)8-7-11-20(17,3)15-24-25(5,22)23/h16-18H,6-15H2,1-5H3. The zero-order chi connectivity index (χ0) is 18.5. The second-order valence-electron chi connectivity index (χ2n) is 10.4. The molecule has 4 heteroatoms. The molecule has 0 heterocycles. The lowest BCUT2D eigenvalue weighted by Crippen LogP contribution is -2.54. The first-order valence-electron chi connectivity index (χ1n) is 10.4. The highest BCUT2D eigenvalue weighted by Gasteiger charge is 2.57. The van der Waals surface area contributed by atoms with Gasteiger partial charge in [0.05, 0.1) is 12.9 Å². The van der Waals surface area contributed by atoms with E-state index >= 15 is 0 Å². The van der Waals surface area contributed by atoms with Crippen LogP contribution in [0.25, 0.3) is 0 Å². The van der Waals surface area contributed by atoms with Crippen LogP contribution in [0, 0.1) is 34.0 Å². The van der Waals surface area contributed by atoms with E-state index in [-0.39, 0.29) is 5.41 Å². The van der Waals surface area contributed by atoms with Crippen LogP contribution in [0.2, 0.25) is 0 Å². The van der Waals surface area contributed by atoms with Crippen LogP contribution in [0.1, 0.15) is 85.5 Å². The molecule has 3 aliphatic carbocycles. The van der Waals surface area contributed by atoms with Crippen molar-refractivity contribution in [3.05, 3.63) is 0 Å². The van der Waals surface area contributed by atoms with Gasteiger partial charge in [-0.3, -0.25) is 4.18 Å². The van der Waals surface area contributed by atoms with Crippen LogP contribution < -0.4 is 0 Å². The van der Waals surface area contributed by atoms with Crippen molar-refractivity contribution in [2.75, 3.05) is 12.9 Å². The van der Waals surface area contributed by atoms with Gasteiger partial charge in [0.15, 0.2) is 0 Å². The molecule has 0 spiro atoms. The highest BCUT2D eigenvalue weighted by molar-refractivity contribution is 7.85. The van der Waals surface area contributed by atoms with E-state index in [1.54, 1.807) is 0 Å². The second-order valence-corrected chi connectivity index (χ2v) is 12.0. The maximum absolute atomic E-state index is 11.5. The zero-order valence-corrected chi connectivity index (χ0v) is 17.8. The molecule has 3 nitrogen and oxygen atoms in total. The average molecular weight is 371 g/mol. The van der Waals surface area contributed by atoms with E-state index in [4.69, 9.17) is 4.18 Å². The van der Waals surface area contributed by atoms with Gasteiger partial charge < -0.3 is 0 Å². The van der Waals surface area contributed by atoms with Crippen molar-refractivity contribution in [2.45, 2.75) is 85.5 Å². The summed E-state index contributed by atoms with van der Waals surface area (Å²) in [6.07, 6.45) is 12.8. The minimum atomic E-state index is -3.36. The second kappa shape index (κ2) is 6.51. The van der Waals surface area contributed by atoms with E-state index in [1.807, 2.05) is 0 Å². The van der Waals surface area contributed by atoms with Crippen molar-refractivity contribution in [3.63, 3.8) is 0 Å². The molecule has 3 saturated carbocycles. The molecule has 6 atom stereocenters. The van der Waals surface area contributed by atoms with Gasteiger partial charge in [0.25, 0.3) is 10.1 Å². The van der Waals surface area contributed by atoms with Crippen molar-refractivity contribution in [2.24, 2.45) is 34.0 Å². The van der Waals surface area contributed by atoms with Gasteiger partial charge in [-0.1, -0.05) is 40.5 Å². The molecule has 0 amide bonds. The largest absolute Gasteiger partial charge is 0.270 e. The topological polar surface area (TPSA) is 43.4 Å². The monoisotopic (exact) mass is 370 g/mol. The highest BCUT2D eigenvalue weighted by atomic mass is 32.2. The minimum absolute atomic E-state index is 0.0193. The Morgan fingerprint density at radius 1 is 1.00 bits per heavy atom. The Kier molecular flexibility index (Phi) is 5.12. The first kappa shape index (κ1) is 19.7. The SMILES string of the molecule is CCC1(C)CCC2(C)C(CCC3C2CCCC3(C)COS(C)(=O)=O)C1. The Morgan fingerprint density at radius 3 is 2.36 bits per heavy atom. The maximum atomic E-state index is 11.5. The first-order valence-corrected chi connectivity index (χ1v) is 12.2. The van der Waals surface area contributed by atoms with Gasteiger partial charge in [0.2, 0.25) is 0 Å². The lowest BCUT2D eigenvalue weighted by Gasteiger charge is -2.62. The Balaban J connectivity index is 1.81. The summed E-state index contributed by atoms with van der Waals surface area (Å²) >= 11 is 0. The number of rotatable bonds is 4. The molecule has 25 heavy (non-hydrogen) atoms. The summed E-state index contributed by atoms with van der Waals surface area (Å²) in [6.45, 7) is 10.1. The number of hydrogen-bond acceptors (Lipinski definition) is 3. The Labute approximate surface area is 155 Å². The third-order valence-corrected chi connectivity index (χ3v) is 9.26. The summed E-state index contributed by atoms with van der Waals surface area (Å²) in [7, 11) is -3.36. The Hall–Kier alpha value is -0.0900. The van der Waals surface area contributed by atoms with Crippen LogP contribution in [-0.2, 0) is 14.3 Å². The van der Waals surface area contributed by atoms with Crippen molar-refractivity contribution in [1.29, 1.82) is 0 Å². The third-order valence-electron chi connectivity index (χ3n) is 8.71. The lowest BCUT2D eigenvalue weighted by molar-refractivity contribution is -0.131. The van der Waals surface area contributed by atoms with E-state index in [2.05, 4.69) is 27.7 Å². The predicted octanol–water partition coefficient (Wildman–Crippen LogP) is 5.40. The lowest BCUT2D eigenvalue weighted by atomic mass is 9.43. The van der Waals surface area contributed by atoms with Crippen LogP contribution in [0.15, 0.2) is 0 Å². The van der Waals surface area contributed by atoms with Crippen LogP contribution in [-0.4, -0.2) is 21.3 Å². The van der Waals surface area contributed by atoms with Gasteiger partial charge in [-0.2, -0.15) is 8.42 Å². The van der Waals surface area contributed by atoms with Gasteiger partial charge >= 0.3 is 0 Å². The Morgan fingerprint density at radius 2 is 1.72 bits per heavy atom. The molecule has 3 aliphatic rings. The fraction of sp³-hybridized carbons (Fsp3) is 1.00. The smallest absolute Gasteiger partial charge is 0.264 e. The molecule has 146 valence electrons. The summed E-state index contributed by atoms with van der Waals surface area (Å²) in [5, 5.41) is 0. The average Bonchev–Trinajstić information content (AvgIpc) is 2.54. The van der Waals surface area contributed by atoms with Gasteiger partial charge in [-0.25, -0.2) is 0 Å². The van der Waals surface area contributed by atoms with Crippen LogP contribution in [0.3, 0.4) is 0 Å². The van der Waals surface area contributed by atoms with E-state index in [1.165, 1.54) is 57.6 Å². The quantitative estimate of drug-likeness (QED) is 0.622. The summed E-state index contributed by atoms with van der Waals surface area (Å²) in [4.78, 5) is 0. The molecule has 0 aromatic rings. The first-order chi connectivity index (χ1) is 11.5. The normalized spacial score (nSPS) is 47.8. The molecular formula is C21H38O3S. The summed E-state index contributed by atoms with van der Waals surface area (Å²) in [5.41, 5.74) is 1.00. The van der Waals surface area contributed by atoms with E-state index < -0.39 is 10.1 Å². The molecule has 0 aliphatic heterocycles. The van der Waals surface area contributed by atoms with E-state index in [0.29, 0.717) is 23.4 Å². The summed E-state index contributed by atoms with van der Waals surface area (Å²) < 4.78 is 28.4. The molecule has 3 fully saturated rings. The minimum Gasteiger partial charge on any atom is -0.270 e. The third kappa shape index (κ3) is 3.67. The molecule has 0 N–H and O–H groups in total. The predicted molar refractivity (Wildman–Crippen MR) is 103 cm³/mol. The van der Waals surface area contributed by atoms with Crippen LogP contribution in [0.4, 0.5) is 0 Å². The van der Waals surface area contributed by atoms with Crippen molar-refractivity contribution >= 4 is 10.1 Å². The van der Waals surface area contributed by atoms with Crippen molar-refractivity contribution < 1.29 is 12.6 Å². The number of fused-ring (bicyclic) bond motifs is 3. The van der Waals surface area contributed by atoms with Crippen LogP contribution in [0.5, 0.6) is 0 Å². The molecule has 3 rings (SSSR count). The maximum Gasteiger partial charge on any atom is 0.264 e. The van der Waals surface area contributed by atoms with Crippen molar-refractivity contribution in [3.8, 4) is 0 Å². The molecule has 0 saturated heterocycles. The molecule has 6 unspecified atom stereocenters. The molecule has 0 radical (unpaired) electrons. The number of hydrogen-bond donors (Lipinski definition) is 0.